The molecule has 0 spiro atoms. The van der Waals surface area contributed by atoms with E-state index in [2.05, 4.69) is 15.2 Å². The summed E-state index contributed by atoms with van der Waals surface area (Å²) in [4.78, 5) is 16.0. The number of aromatic amines is 1. The van der Waals surface area contributed by atoms with Crippen molar-refractivity contribution in [3.63, 3.8) is 0 Å². The number of hydrogen-bond donors (Lipinski definition) is 2. The van der Waals surface area contributed by atoms with E-state index >= 15 is 0 Å². The van der Waals surface area contributed by atoms with Crippen molar-refractivity contribution < 1.29 is 19.4 Å². The Morgan fingerprint density at radius 2 is 1.86 bits per heavy atom. The molecule has 0 atom stereocenters. The zero-order valence-corrected chi connectivity index (χ0v) is 17.6. The summed E-state index contributed by atoms with van der Waals surface area (Å²) in [5.41, 5.74) is 1.16. The predicted molar refractivity (Wildman–Crippen MR) is 113 cm³/mol. The van der Waals surface area contributed by atoms with Crippen LogP contribution in [-0.4, -0.2) is 40.5 Å². The van der Waals surface area contributed by atoms with E-state index in [1.807, 2.05) is 0 Å². The summed E-state index contributed by atoms with van der Waals surface area (Å²) in [5.74, 6) is 0.481. The van der Waals surface area contributed by atoms with Crippen molar-refractivity contribution in [3.8, 4) is 22.9 Å². The van der Waals surface area contributed by atoms with Gasteiger partial charge in [-0.25, -0.2) is 9.78 Å². The van der Waals surface area contributed by atoms with E-state index in [1.165, 1.54) is 6.08 Å². The number of H-pyrrole nitrogens is 1. The van der Waals surface area contributed by atoms with Gasteiger partial charge in [-0.2, -0.15) is 0 Å². The third-order valence-corrected chi connectivity index (χ3v) is 5.48. The van der Waals surface area contributed by atoms with Gasteiger partial charge in [-0.3, -0.25) is 5.10 Å². The van der Waals surface area contributed by atoms with Crippen LogP contribution in [0.3, 0.4) is 0 Å². The fourth-order valence-electron chi connectivity index (χ4n) is 2.37. The van der Waals surface area contributed by atoms with Crippen LogP contribution in [0, 0.1) is 0 Å². The van der Waals surface area contributed by atoms with Crippen molar-refractivity contribution in [2.45, 2.75) is 5.16 Å². The molecule has 3 aromatic rings. The van der Waals surface area contributed by atoms with Gasteiger partial charge >= 0.3 is 5.97 Å². The van der Waals surface area contributed by atoms with Crippen LogP contribution in [0.4, 0.5) is 0 Å². The number of thioether (sulfide) groups is 1. The van der Waals surface area contributed by atoms with E-state index in [4.69, 9.17) is 32.7 Å². The highest BCUT2D eigenvalue weighted by Crippen LogP contribution is 2.33. The lowest BCUT2D eigenvalue weighted by molar-refractivity contribution is -0.131. The van der Waals surface area contributed by atoms with E-state index in [9.17, 15) is 9.90 Å². The van der Waals surface area contributed by atoms with Crippen LogP contribution < -0.4 is 9.47 Å². The molecule has 29 heavy (non-hydrogen) atoms. The maximum atomic E-state index is 11.7. The summed E-state index contributed by atoms with van der Waals surface area (Å²) in [6.45, 7) is 0. The van der Waals surface area contributed by atoms with Crippen molar-refractivity contribution in [1.29, 1.82) is 0 Å². The number of aliphatic carboxylic acids is 1. The Hall–Kier alpha value is -2.68. The first-order valence-electron chi connectivity index (χ1n) is 8.14. The Balaban J connectivity index is 1.90. The average Bonchev–Trinajstić information content (AvgIpc) is 3.19. The van der Waals surface area contributed by atoms with Crippen molar-refractivity contribution in [2.24, 2.45) is 0 Å². The molecule has 7 nitrogen and oxygen atoms in total. The molecule has 10 heteroatoms. The maximum absolute atomic E-state index is 11.7. The Bertz CT molecular complexity index is 1060. The molecule has 0 radical (unpaired) electrons. The Labute approximate surface area is 180 Å². The van der Waals surface area contributed by atoms with Gasteiger partial charge in [0.1, 0.15) is 16.4 Å². The molecule has 0 fully saturated rings. The van der Waals surface area contributed by atoms with Crippen molar-refractivity contribution in [1.82, 2.24) is 15.2 Å². The fourth-order valence-corrected chi connectivity index (χ4v) is 3.43. The van der Waals surface area contributed by atoms with Gasteiger partial charge in [-0.1, -0.05) is 35.3 Å². The number of rotatable bonds is 7. The minimum absolute atomic E-state index is 0.0112. The number of carboxylic acids is 1. The minimum Gasteiger partial charge on any atom is -0.497 e. The van der Waals surface area contributed by atoms with Gasteiger partial charge in [0.25, 0.3) is 0 Å². The molecule has 1 heterocycles. The highest BCUT2D eigenvalue weighted by Gasteiger charge is 2.16. The third-order valence-electron chi connectivity index (χ3n) is 3.77. The number of carboxylic acid groups (broad SMARTS) is 1. The fraction of sp³-hybridized carbons (Fsp3) is 0.105. The topological polar surface area (TPSA) is 97.3 Å². The molecule has 0 aliphatic heterocycles. The zero-order valence-electron chi connectivity index (χ0n) is 15.3. The van der Waals surface area contributed by atoms with Crippen molar-refractivity contribution >= 4 is 47.0 Å². The van der Waals surface area contributed by atoms with Crippen molar-refractivity contribution in [3.05, 3.63) is 56.9 Å². The molecule has 150 valence electrons. The quantitative estimate of drug-likeness (QED) is 0.384. The summed E-state index contributed by atoms with van der Waals surface area (Å²) in [7, 11) is 3.09. The maximum Gasteiger partial charge on any atom is 0.342 e. The Morgan fingerprint density at radius 1 is 1.17 bits per heavy atom. The van der Waals surface area contributed by atoms with Crippen LogP contribution in [-0.2, 0) is 4.79 Å². The molecule has 1 aromatic heterocycles. The molecular formula is C19H15Cl2N3O4S. The van der Waals surface area contributed by atoms with Gasteiger partial charge in [0.05, 0.1) is 24.3 Å². The first-order valence-corrected chi connectivity index (χ1v) is 9.71. The first-order chi connectivity index (χ1) is 13.9. The van der Waals surface area contributed by atoms with Crippen LogP contribution in [0.15, 0.2) is 46.5 Å². The lowest BCUT2D eigenvalue weighted by Gasteiger charge is -2.06. The standard InChI is InChI=1S/C19H15Cl2N3O4S/c1-27-12-6-11(7-13(9-12)28-2)17-22-19(24-23-17)29-15(18(25)26)8-10-4-3-5-14(20)16(10)21/h3-9H,1-2H3,(H,25,26)(H,22,23,24)/b15-8-. The first kappa shape index (κ1) is 21.0. The van der Waals surface area contributed by atoms with Gasteiger partial charge in [0.15, 0.2) is 5.82 Å². The highest BCUT2D eigenvalue weighted by molar-refractivity contribution is 8.04. The molecule has 0 aliphatic carbocycles. The van der Waals surface area contributed by atoms with E-state index < -0.39 is 5.97 Å². The molecule has 0 aliphatic rings. The number of carbonyl (C=O) groups is 1. The molecule has 0 saturated heterocycles. The molecular weight excluding hydrogens is 437 g/mol. The number of nitrogens with zero attached hydrogens (tertiary/aromatic N) is 2. The van der Waals surface area contributed by atoms with Crippen LogP contribution in [0.5, 0.6) is 11.5 Å². The van der Waals surface area contributed by atoms with Gasteiger partial charge in [-0.15, -0.1) is 5.10 Å². The van der Waals surface area contributed by atoms with Crippen LogP contribution in [0.2, 0.25) is 10.0 Å². The smallest absolute Gasteiger partial charge is 0.342 e. The van der Waals surface area contributed by atoms with E-state index in [0.717, 1.165) is 11.8 Å². The highest BCUT2D eigenvalue weighted by atomic mass is 35.5. The predicted octanol–water partition coefficient (Wildman–Crippen LogP) is 5.01. The van der Waals surface area contributed by atoms with Crippen LogP contribution in [0.1, 0.15) is 5.56 Å². The van der Waals surface area contributed by atoms with Gasteiger partial charge < -0.3 is 14.6 Å². The summed E-state index contributed by atoms with van der Waals surface area (Å²) < 4.78 is 10.5. The average molecular weight is 452 g/mol. The number of methoxy groups -OCH3 is 2. The SMILES string of the molecule is COc1cc(OC)cc(-c2nc(S/C(=C\c3cccc(Cl)c3Cl)C(=O)O)n[nH]2)c1. The molecule has 0 saturated carbocycles. The summed E-state index contributed by atoms with van der Waals surface area (Å²) >= 11 is 13.0. The van der Waals surface area contributed by atoms with Crippen molar-refractivity contribution in [2.75, 3.05) is 14.2 Å². The van der Waals surface area contributed by atoms with E-state index in [0.29, 0.717) is 33.5 Å². The number of halogens is 2. The second kappa shape index (κ2) is 9.21. The summed E-state index contributed by atoms with van der Waals surface area (Å²) in [5, 5.41) is 17.3. The lowest BCUT2D eigenvalue weighted by atomic mass is 10.2. The zero-order chi connectivity index (χ0) is 21.0. The van der Waals surface area contributed by atoms with E-state index in [1.54, 1.807) is 50.6 Å². The molecule has 0 amide bonds. The van der Waals surface area contributed by atoms with Gasteiger partial charge in [0, 0.05) is 11.6 Å². The monoisotopic (exact) mass is 451 g/mol. The molecule has 0 bridgehead atoms. The molecule has 2 N–H and O–H groups in total. The van der Waals surface area contributed by atoms with Gasteiger partial charge in [0.2, 0.25) is 5.16 Å². The second-order valence-electron chi connectivity index (χ2n) is 5.63. The lowest BCUT2D eigenvalue weighted by Crippen LogP contribution is -1.97. The summed E-state index contributed by atoms with van der Waals surface area (Å²) in [6.07, 6.45) is 1.42. The van der Waals surface area contributed by atoms with Crippen LogP contribution in [0.25, 0.3) is 17.5 Å². The minimum atomic E-state index is -1.14. The molecule has 2 aromatic carbocycles. The van der Waals surface area contributed by atoms with Crippen LogP contribution >= 0.6 is 35.0 Å². The number of nitrogens with one attached hydrogen (secondary N) is 1. The molecule has 3 rings (SSSR count). The number of aromatic nitrogens is 3. The van der Waals surface area contributed by atoms with E-state index in [-0.39, 0.29) is 15.1 Å². The largest absolute Gasteiger partial charge is 0.497 e. The normalized spacial score (nSPS) is 11.4. The molecule has 0 unspecified atom stereocenters. The Kier molecular flexibility index (Phi) is 6.68. The summed E-state index contributed by atoms with van der Waals surface area (Å²) in [6, 6.07) is 10.2. The Morgan fingerprint density at radius 3 is 2.48 bits per heavy atom. The second-order valence-corrected chi connectivity index (χ2v) is 7.42. The van der Waals surface area contributed by atoms with Gasteiger partial charge in [-0.05, 0) is 41.6 Å². The number of benzene rings is 2. The number of hydrogen-bond acceptors (Lipinski definition) is 6. The third kappa shape index (κ3) is 5.03. The number of ether oxygens (including phenoxy) is 2.